The van der Waals surface area contributed by atoms with Crippen molar-refractivity contribution in [1.82, 2.24) is 15.1 Å². The molecule has 35 heavy (non-hydrogen) atoms. The number of carbonyl (C=O) groups excluding carboxylic acids is 2. The van der Waals surface area contributed by atoms with Crippen molar-refractivity contribution in [3.8, 4) is 11.1 Å². The standard InChI is InChI=1S/C26H26N4O5/c1-30-23(13-21(29-30)24(31)27-22(25(32)33)12-15-10-11-15)28-26(34)35-14-20-18-8-4-2-6-16(18)17-7-3-5-9-19(17)20/h2-9,13,15,20,22H,10-12,14H2,1H3,(H,27,31)(H,28,34)(H,32,33). The van der Waals surface area contributed by atoms with Gasteiger partial charge >= 0.3 is 12.1 Å². The first-order valence-corrected chi connectivity index (χ1v) is 11.6. The van der Waals surface area contributed by atoms with Crippen LogP contribution in [0.2, 0.25) is 0 Å². The number of fused-ring (bicyclic) bond motifs is 3. The molecule has 5 rings (SSSR count). The summed E-state index contributed by atoms with van der Waals surface area (Å²) >= 11 is 0. The summed E-state index contributed by atoms with van der Waals surface area (Å²) in [4.78, 5) is 36.6. The van der Waals surface area contributed by atoms with Gasteiger partial charge in [-0.2, -0.15) is 5.10 Å². The van der Waals surface area contributed by atoms with E-state index in [9.17, 15) is 19.5 Å². The van der Waals surface area contributed by atoms with Crippen molar-refractivity contribution >= 4 is 23.8 Å². The highest BCUT2D eigenvalue weighted by molar-refractivity contribution is 5.96. The Balaban J connectivity index is 1.22. The second kappa shape index (κ2) is 9.25. The fourth-order valence-electron chi connectivity index (χ4n) is 4.57. The monoisotopic (exact) mass is 474 g/mol. The normalized spacial score (nSPS) is 15.1. The molecule has 0 radical (unpaired) electrons. The topological polar surface area (TPSA) is 123 Å². The van der Waals surface area contributed by atoms with Gasteiger partial charge < -0.3 is 15.2 Å². The molecule has 180 valence electrons. The van der Waals surface area contributed by atoms with Crippen molar-refractivity contribution in [2.75, 3.05) is 11.9 Å². The molecule has 1 unspecified atom stereocenters. The Morgan fingerprint density at radius 1 is 1.09 bits per heavy atom. The Kier molecular flexibility index (Phi) is 5.98. The molecular formula is C26H26N4O5. The Labute approximate surface area is 202 Å². The molecule has 1 aromatic heterocycles. The zero-order chi connectivity index (χ0) is 24.5. The van der Waals surface area contributed by atoms with Crippen LogP contribution in [-0.2, 0) is 16.6 Å². The Morgan fingerprint density at radius 3 is 2.31 bits per heavy atom. The van der Waals surface area contributed by atoms with E-state index in [1.54, 1.807) is 7.05 Å². The van der Waals surface area contributed by atoms with Gasteiger partial charge in [0.15, 0.2) is 5.69 Å². The third-order valence-corrected chi connectivity index (χ3v) is 6.56. The number of ether oxygens (including phenoxy) is 1. The van der Waals surface area contributed by atoms with Crippen molar-refractivity contribution < 1.29 is 24.2 Å². The number of carboxylic acids is 1. The number of hydrogen-bond acceptors (Lipinski definition) is 5. The van der Waals surface area contributed by atoms with Gasteiger partial charge in [-0.1, -0.05) is 61.4 Å². The average molecular weight is 475 g/mol. The first kappa shape index (κ1) is 22.6. The molecule has 1 saturated carbocycles. The van der Waals surface area contributed by atoms with Crippen LogP contribution in [0.1, 0.15) is 46.8 Å². The first-order valence-electron chi connectivity index (χ1n) is 11.6. The fraction of sp³-hybridized carbons (Fsp3) is 0.308. The Morgan fingerprint density at radius 2 is 1.71 bits per heavy atom. The van der Waals surface area contributed by atoms with E-state index in [2.05, 4.69) is 27.9 Å². The number of amides is 2. The number of carbonyl (C=O) groups is 3. The molecule has 1 fully saturated rings. The van der Waals surface area contributed by atoms with E-state index in [-0.39, 0.29) is 24.0 Å². The van der Waals surface area contributed by atoms with Gasteiger partial charge in [0.2, 0.25) is 0 Å². The van der Waals surface area contributed by atoms with Crippen molar-refractivity contribution in [1.29, 1.82) is 0 Å². The lowest BCUT2D eigenvalue weighted by Gasteiger charge is -2.14. The molecule has 2 aliphatic rings. The minimum absolute atomic E-state index is 0.0171. The number of carboxylic acid groups (broad SMARTS) is 1. The zero-order valence-electron chi connectivity index (χ0n) is 19.2. The van der Waals surface area contributed by atoms with Gasteiger partial charge in [0, 0.05) is 19.0 Å². The first-order chi connectivity index (χ1) is 16.9. The maximum absolute atomic E-state index is 12.6. The molecule has 2 aliphatic carbocycles. The average Bonchev–Trinajstić information content (AvgIpc) is 3.51. The molecule has 1 heterocycles. The van der Waals surface area contributed by atoms with Crippen LogP contribution >= 0.6 is 0 Å². The van der Waals surface area contributed by atoms with Crippen LogP contribution in [0.25, 0.3) is 11.1 Å². The summed E-state index contributed by atoms with van der Waals surface area (Å²) in [5, 5.41) is 18.6. The molecule has 2 aromatic carbocycles. The van der Waals surface area contributed by atoms with Crippen LogP contribution in [0.3, 0.4) is 0 Å². The summed E-state index contributed by atoms with van der Waals surface area (Å²) < 4.78 is 6.89. The lowest BCUT2D eigenvalue weighted by molar-refractivity contribution is -0.139. The fourth-order valence-corrected chi connectivity index (χ4v) is 4.57. The van der Waals surface area contributed by atoms with Crippen molar-refractivity contribution in [2.45, 2.75) is 31.2 Å². The summed E-state index contributed by atoms with van der Waals surface area (Å²) in [6.07, 6.45) is 1.70. The van der Waals surface area contributed by atoms with Crippen LogP contribution in [0.5, 0.6) is 0 Å². The number of anilines is 1. The molecule has 9 heteroatoms. The molecule has 1 atom stereocenters. The van der Waals surface area contributed by atoms with E-state index in [0.717, 1.165) is 35.1 Å². The molecule has 3 aromatic rings. The molecule has 9 nitrogen and oxygen atoms in total. The predicted octanol–water partition coefficient (Wildman–Crippen LogP) is 3.76. The number of aliphatic carboxylic acids is 1. The molecule has 0 spiro atoms. The maximum Gasteiger partial charge on any atom is 0.412 e. The largest absolute Gasteiger partial charge is 0.480 e. The van der Waals surface area contributed by atoms with Gasteiger partial charge in [-0.05, 0) is 34.6 Å². The summed E-state index contributed by atoms with van der Waals surface area (Å²) in [5.74, 6) is -1.14. The number of aromatic nitrogens is 2. The van der Waals surface area contributed by atoms with Gasteiger partial charge in [-0.3, -0.25) is 14.8 Å². The van der Waals surface area contributed by atoms with Gasteiger partial charge in [0.05, 0.1) is 0 Å². The molecule has 3 N–H and O–H groups in total. The van der Waals surface area contributed by atoms with E-state index in [1.807, 2.05) is 36.4 Å². The zero-order valence-corrected chi connectivity index (χ0v) is 19.2. The summed E-state index contributed by atoms with van der Waals surface area (Å²) in [7, 11) is 1.58. The molecular weight excluding hydrogens is 448 g/mol. The number of nitrogens with zero attached hydrogens (tertiary/aromatic N) is 2. The second-order valence-electron chi connectivity index (χ2n) is 9.03. The quantitative estimate of drug-likeness (QED) is 0.457. The van der Waals surface area contributed by atoms with Crippen LogP contribution < -0.4 is 10.6 Å². The van der Waals surface area contributed by atoms with Gasteiger partial charge in [-0.15, -0.1) is 0 Å². The lowest BCUT2D eigenvalue weighted by Crippen LogP contribution is -2.41. The van der Waals surface area contributed by atoms with Gasteiger partial charge in [-0.25, -0.2) is 9.59 Å². The second-order valence-corrected chi connectivity index (χ2v) is 9.03. The lowest BCUT2D eigenvalue weighted by atomic mass is 9.98. The highest BCUT2D eigenvalue weighted by Crippen LogP contribution is 2.44. The van der Waals surface area contributed by atoms with E-state index < -0.39 is 24.0 Å². The van der Waals surface area contributed by atoms with Crippen molar-refractivity contribution in [3.05, 3.63) is 71.4 Å². The van der Waals surface area contributed by atoms with Crippen LogP contribution in [0.15, 0.2) is 54.6 Å². The predicted molar refractivity (Wildman–Crippen MR) is 128 cm³/mol. The molecule has 2 amide bonds. The SMILES string of the molecule is Cn1nc(C(=O)NC(CC2CC2)C(=O)O)cc1NC(=O)OCC1c2ccccc2-c2ccccc21. The third kappa shape index (κ3) is 4.75. The van der Waals surface area contributed by atoms with Crippen LogP contribution in [0, 0.1) is 5.92 Å². The number of hydrogen-bond donors (Lipinski definition) is 3. The highest BCUT2D eigenvalue weighted by Gasteiger charge is 2.31. The Bertz CT molecular complexity index is 1250. The maximum atomic E-state index is 12.6. The van der Waals surface area contributed by atoms with Gasteiger partial charge in [0.1, 0.15) is 18.5 Å². The highest BCUT2D eigenvalue weighted by atomic mass is 16.5. The summed E-state index contributed by atoms with van der Waals surface area (Å²) in [5.41, 5.74) is 4.52. The number of benzene rings is 2. The van der Waals surface area contributed by atoms with E-state index in [1.165, 1.54) is 10.7 Å². The van der Waals surface area contributed by atoms with Crippen molar-refractivity contribution in [2.24, 2.45) is 13.0 Å². The Hall–Kier alpha value is -4.14. The summed E-state index contributed by atoms with van der Waals surface area (Å²) in [6.45, 7) is 0.159. The van der Waals surface area contributed by atoms with Gasteiger partial charge in [0.25, 0.3) is 5.91 Å². The molecule has 0 aliphatic heterocycles. The smallest absolute Gasteiger partial charge is 0.412 e. The number of aryl methyl sites for hydroxylation is 1. The van der Waals surface area contributed by atoms with E-state index in [0.29, 0.717) is 12.3 Å². The van der Waals surface area contributed by atoms with Crippen molar-refractivity contribution in [3.63, 3.8) is 0 Å². The third-order valence-electron chi connectivity index (χ3n) is 6.56. The van der Waals surface area contributed by atoms with E-state index >= 15 is 0 Å². The summed E-state index contributed by atoms with van der Waals surface area (Å²) in [6, 6.07) is 16.6. The van der Waals surface area contributed by atoms with E-state index in [4.69, 9.17) is 4.74 Å². The number of nitrogens with one attached hydrogen (secondary N) is 2. The van der Waals surface area contributed by atoms with Crippen LogP contribution in [-0.4, -0.2) is 45.5 Å². The minimum Gasteiger partial charge on any atom is -0.480 e. The number of rotatable bonds is 8. The minimum atomic E-state index is -1.07. The van der Waals surface area contributed by atoms with Crippen LogP contribution in [0.4, 0.5) is 10.6 Å². The molecule has 0 bridgehead atoms. The molecule has 0 saturated heterocycles.